The third-order valence-corrected chi connectivity index (χ3v) is 8.60. The fourth-order valence-electron chi connectivity index (χ4n) is 4.34. The SMILES string of the molecule is COc1cccc(CO[C@H](CN2CCN(S(=O)(=O)c3ccccc3C(F)(F)F)CC2)c2ccc(Cl)cc2)c1. The lowest BCUT2D eigenvalue weighted by atomic mass is 10.1. The van der Waals surface area contributed by atoms with Gasteiger partial charge in [0.15, 0.2) is 0 Å². The first-order valence-electron chi connectivity index (χ1n) is 12.0. The maximum Gasteiger partial charge on any atom is 0.417 e. The largest absolute Gasteiger partial charge is 0.497 e. The third kappa shape index (κ3) is 6.86. The lowest BCUT2D eigenvalue weighted by molar-refractivity contribution is -0.139. The Bertz CT molecular complexity index is 1330. The van der Waals surface area contributed by atoms with E-state index < -0.39 is 26.7 Å². The molecule has 1 heterocycles. The van der Waals surface area contributed by atoms with Crippen LogP contribution in [0, 0.1) is 0 Å². The molecule has 1 fully saturated rings. The third-order valence-electron chi connectivity index (χ3n) is 6.39. The highest BCUT2D eigenvalue weighted by atomic mass is 35.5. The monoisotopic (exact) mass is 568 g/mol. The molecular formula is C27H28ClF3N2O4S. The highest BCUT2D eigenvalue weighted by molar-refractivity contribution is 7.89. The van der Waals surface area contributed by atoms with Crippen LogP contribution in [0.4, 0.5) is 13.2 Å². The van der Waals surface area contributed by atoms with E-state index >= 15 is 0 Å². The Morgan fingerprint density at radius 1 is 0.947 bits per heavy atom. The van der Waals surface area contributed by atoms with Crippen molar-refractivity contribution in [2.75, 3.05) is 39.8 Å². The Morgan fingerprint density at radius 2 is 1.63 bits per heavy atom. The molecule has 1 saturated heterocycles. The molecule has 1 atom stereocenters. The van der Waals surface area contributed by atoms with Crippen molar-refractivity contribution in [1.82, 2.24) is 9.21 Å². The molecule has 0 radical (unpaired) electrons. The fraction of sp³-hybridized carbons (Fsp3) is 0.333. The summed E-state index contributed by atoms with van der Waals surface area (Å²) < 4.78 is 79.3. The molecular weight excluding hydrogens is 541 g/mol. The first-order chi connectivity index (χ1) is 18.1. The van der Waals surface area contributed by atoms with Crippen LogP contribution in [0.2, 0.25) is 5.02 Å². The van der Waals surface area contributed by atoms with Gasteiger partial charge in [-0.25, -0.2) is 8.42 Å². The highest BCUT2D eigenvalue weighted by Gasteiger charge is 2.39. The molecule has 3 aromatic carbocycles. The summed E-state index contributed by atoms with van der Waals surface area (Å²) in [5.41, 5.74) is 0.685. The summed E-state index contributed by atoms with van der Waals surface area (Å²) in [7, 11) is -2.71. The van der Waals surface area contributed by atoms with Gasteiger partial charge in [-0.05, 0) is 47.5 Å². The fourth-order valence-corrected chi connectivity index (χ4v) is 6.10. The Kier molecular flexibility index (Phi) is 9.00. The van der Waals surface area contributed by atoms with Crippen molar-refractivity contribution in [3.63, 3.8) is 0 Å². The second-order valence-electron chi connectivity index (χ2n) is 8.90. The molecule has 4 rings (SSSR count). The number of hydrogen-bond donors (Lipinski definition) is 0. The minimum absolute atomic E-state index is 0.0672. The zero-order chi connectivity index (χ0) is 27.3. The van der Waals surface area contributed by atoms with Crippen LogP contribution in [0.5, 0.6) is 5.75 Å². The minimum Gasteiger partial charge on any atom is -0.497 e. The van der Waals surface area contributed by atoms with Gasteiger partial charge in [0.2, 0.25) is 10.0 Å². The van der Waals surface area contributed by atoms with Crippen molar-refractivity contribution >= 4 is 21.6 Å². The van der Waals surface area contributed by atoms with E-state index in [0.717, 1.165) is 33.3 Å². The van der Waals surface area contributed by atoms with Gasteiger partial charge in [0.1, 0.15) is 5.75 Å². The zero-order valence-corrected chi connectivity index (χ0v) is 22.3. The van der Waals surface area contributed by atoms with Crippen LogP contribution >= 0.6 is 11.6 Å². The average Bonchev–Trinajstić information content (AvgIpc) is 2.91. The highest BCUT2D eigenvalue weighted by Crippen LogP contribution is 2.35. The van der Waals surface area contributed by atoms with E-state index in [9.17, 15) is 21.6 Å². The Balaban J connectivity index is 1.45. The average molecular weight is 569 g/mol. The van der Waals surface area contributed by atoms with Gasteiger partial charge in [-0.1, -0.05) is 48.0 Å². The van der Waals surface area contributed by atoms with E-state index in [1.165, 1.54) is 12.1 Å². The van der Waals surface area contributed by atoms with Crippen LogP contribution in [0.3, 0.4) is 0 Å². The summed E-state index contributed by atoms with van der Waals surface area (Å²) in [6.45, 7) is 1.63. The topological polar surface area (TPSA) is 59.1 Å². The molecule has 0 aliphatic carbocycles. The molecule has 204 valence electrons. The van der Waals surface area contributed by atoms with Gasteiger partial charge >= 0.3 is 6.18 Å². The van der Waals surface area contributed by atoms with Gasteiger partial charge in [-0.3, -0.25) is 4.90 Å². The van der Waals surface area contributed by atoms with Gasteiger partial charge in [0.05, 0.1) is 30.3 Å². The van der Waals surface area contributed by atoms with Crippen LogP contribution < -0.4 is 4.74 Å². The maximum atomic E-state index is 13.5. The van der Waals surface area contributed by atoms with Crippen LogP contribution in [0.1, 0.15) is 22.8 Å². The number of methoxy groups -OCH3 is 1. The molecule has 1 aliphatic heterocycles. The smallest absolute Gasteiger partial charge is 0.417 e. The summed E-state index contributed by atoms with van der Waals surface area (Å²) >= 11 is 6.07. The Hall–Kier alpha value is -2.63. The van der Waals surface area contributed by atoms with Crippen molar-refractivity contribution in [2.45, 2.75) is 23.8 Å². The lowest BCUT2D eigenvalue weighted by Crippen LogP contribution is -2.49. The summed E-state index contributed by atoms with van der Waals surface area (Å²) in [6, 6.07) is 19.2. The van der Waals surface area contributed by atoms with Crippen molar-refractivity contribution in [3.05, 3.63) is 94.5 Å². The molecule has 3 aromatic rings. The molecule has 38 heavy (non-hydrogen) atoms. The van der Waals surface area contributed by atoms with Gasteiger partial charge in [0, 0.05) is 37.7 Å². The minimum atomic E-state index is -4.77. The first kappa shape index (κ1) is 28.4. The molecule has 0 saturated carbocycles. The van der Waals surface area contributed by atoms with Gasteiger partial charge in [0.25, 0.3) is 0 Å². The number of benzene rings is 3. The first-order valence-corrected chi connectivity index (χ1v) is 13.8. The number of sulfonamides is 1. The van der Waals surface area contributed by atoms with Crippen molar-refractivity contribution in [1.29, 1.82) is 0 Å². The zero-order valence-electron chi connectivity index (χ0n) is 20.7. The number of rotatable bonds is 9. The summed E-state index contributed by atoms with van der Waals surface area (Å²) in [4.78, 5) is 1.33. The van der Waals surface area contributed by atoms with E-state index in [1.54, 1.807) is 19.2 Å². The predicted octanol–water partition coefficient (Wildman–Crippen LogP) is 5.63. The van der Waals surface area contributed by atoms with Crippen LogP contribution in [-0.2, 0) is 27.5 Å². The molecule has 11 heteroatoms. The molecule has 0 spiro atoms. The standard InChI is InChI=1S/C27H28ClF3N2O4S/c1-36-23-6-4-5-20(17-23)19-37-25(21-9-11-22(28)12-10-21)18-32-13-15-33(16-14-32)38(34,35)26-8-3-2-7-24(26)27(29,30)31/h2-12,17,25H,13-16,18-19H2,1H3/t25-/m1/s1. The van der Waals surface area contributed by atoms with Crippen LogP contribution in [-0.4, -0.2) is 57.5 Å². The van der Waals surface area contributed by atoms with E-state index in [2.05, 4.69) is 0 Å². The molecule has 0 unspecified atom stereocenters. The van der Waals surface area contributed by atoms with E-state index in [1.807, 2.05) is 41.3 Å². The number of piperazine rings is 1. The number of hydrogen-bond acceptors (Lipinski definition) is 5. The number of nitrogens with zero attached hydrogens (tertiary/aromatic N) is 2. The van der Waals surface area contributed by atoms with E-state index in [0.29, 0.717) is 31.3 Å². The Labute approximate surface area is 225 Å². The summed E-state index contributed by atoms with van der Waals surface area (Å²) in [6.07, 6.45) is -5.11. The number of ether oxygens (including phenoxy) is 2. The number of halogens is 4. The van der Waals surface area contributed by atoms with Crippen molar-refractivity contribution in [3.8, 4) is 5.75 Å². The van der Waals surface area contributed by atoms with Gasteiger partial charge in [-0.15, -0.1) is 0 Å². The van der Waals surface area contributed by atoms with E-state index in [4.69, 9.17) is 21.1 Å². The second kappa shape index (κ2) is 12.0. The van der Waals surface area contributed by atoms with Gasteiger partial charge < -0.3 is 9.47 Å². The summed E-state index contributed by atoms with van der Waals surface area (Å²) in [5.74, 6) is 0.721. The lowest BCUT2D eigenvalue weighted by Gasteiger charge is -2.36. The maximum absolute atomic E-state index is 13.5. The van der Waals surface area contributed by atoms with Crippen LogP contribution in [0.25, 0.3) is 0 Å². The molecule has 1 aliphatic rings. The molecule has 0 amide bonds. The second-order valence-corrected chi connectivity index (χ2v) is 11.2. The summed E-state index contributed by atoms with van der Waals surface area (Å²) in [5, 5.41) is 0.596. The molecule has 0 bridgehead atoms. The normalized spacial score (nSPS) is 16.3. The van der Waals surface area contributed by atoms with E-state index in [-0.39, 0.29) is 19.2 Å². The predicted molar refractivity (Wildman–Crippen MR) is 139 cm³/mol. The van der Waals surface area contributed by atoms with Crippen molar-refractivity contribution in [2.24, 2.45) is 0 Å². The molecule has 0 N–H and O–H groups in total. The molecule has 6 nitrogen and oxygen atoms in total. The van der Waals surface area contributed by atoms with Crippen LogP contribution in [0.15, 0.2) is 77.7 Å². The quantitative estimate of drug-likeness (QED) is 0.335. The number of alkyl halides is 3. The molecule has 0 aromatic heterocycles. The van der Waals surface area contributed by atoms with Crippen molar-refractivity contribution < 1.29 is 31.1 Å². The van der Waals surface area contributed by atoms with Gasteiger partial charge in [-0.2, -0.15) is 17.5 Å². The Morgan fingerprint density at radius 3 is 2.29 bits per heavy atom.